The van der Waals surface area contributed by atoms with E-state index in [0.29, 0.717) is 11.4 Å². The molecule has 0 unspecified atom stereocenters. The van der Waals surface area contributed by atoms with Gasteiger partial charge in [0, 0.05) is 12.2 Å². The Labute approximate surface area is 134 Å². The van der Waals surface area contributed by atoms with E-state index < -0.39 is 0 Å². The Hall–Kier alpha value is -0.780. The van der Waals surface area contributed by atoms with E-state index in [1.54, 1.807) is 0 Å². The SMILES string of the molecule is Cc1ccc(NC(N)=NCCCC(C)(C)C)cc1.I. The maximum Gasteiger partial charge on any atom is 0.193 e. The van der Waals surface area contributed by atoms with Crippen molar-refractivity contribution in [2.24, 2.45) is 16.1 Å². The largest absolute Gasteiger partial charge is 0.370 e. The summed E-state index contributed by atoms with van der Waals surface area (Å²) in [6.07, 6.45) is 2.23. The van der Waals surface area contributed by atoms with Crippen LogP contribution in [0.2, 0.25) is 0 Å². The van der Waals surface area contributed by atoms with E-state index >= 15 is 0 Å². The molecule has 0 aliphatic carbocycles. The van der Waals surface area contributed by atoms with Gasteiger partial charge in [-0.15, -0.1) is 24.0 Å². The van der Waals surface area contributed by atoms with Crippen LogP contribution in [0.25, 0.3) is 0 Å². The van der Waals surface area contributed by atoms with Crippen LogP contribution in [0.15, 0.2) is 29.3 Å². The van der Waals surface area contributed by atoms with Gasteiger partial charge in [0.1, 0.15) is 0 Å². The molecule has 0 fully saturated rings. The second-order valence-electron chi connectivity index (χ2n) is 5.92. The predicted molar refractivity (Wildman–Crippen MR) is 95.4 cm³/mol. The number of anilines is 1. The quantitative estimate of drug-likeness (QED) is 0.359. The number of aliphatic imine (C=N–C) groups is 1. The normalized spacial score (nSPS) is 11.9. The number of guanidine groups is 1. The second kappa shape index (κ2) is 8.40. The van der Waals surface area contributed by atoms with Crippen molar-refractivity contribution in [3.05, 3.63) is 29.8 Å². The van der Waals surface area contributed by atoms with Gasteiger partial charge >= 0.3 is 0 Å². The zero-order chi connectivity index (χ0) is 13.6. The van der Waals surface area contributed by atoms with Gasteiger partial charge in [0.25, 0.3) is 0 Å². The molecule has 0 aliphatic rings. The standard InChI is InChI=1S/C15H25N3.HI/c1-12-6-8-13(9-7-12)18-14(16)17-11-5-10-15(2,3)4;/h6-9H,5,10-11H2,1-4H3,(H3,16,17,18);1H. The Morgan fingerprint density at radius 3 is 2.32 bits per heavy atom. The molecule has 0 radical (unpaired) electrons. The molecule has 108 valence electrons. The van der Waals surface area contributed by atoms with Crippen LogP contribution in [-0.4, -0.2) is 12.5 Å². The number of hydrogen-bond acceptors (Lipinski definition) is 1. The van der Waals surface area contributed by atoms with E-state index in [4.69, 9.17) is 5.73 Å². The highest BCUT2D eigenvalue weighted by atomic mass is 127. The van der Waals surface area contributed by atoms with E-state index in [-0.39, 0.29) is 24.0 Å². The van der Waals surface area contributed by atoms with E-state index in [0.717, 1.165) is 25.1 Å². The van der Waals surface area contributed by atoms with Crippen LogP contribution < -0.4 is 11.1 Å². The molecular formula is C15H26IN3. The summed E-state index contributed by atoms with van der Waals surface area (Å²) < 4.78 is 0. The predicted octanol–water partition coefficient (Wildman–Crippen LogP) is 4.17. The van der Waals surface area contributed by atoms with E-state index in [2.05, 4.69) is 50.1 Å². The van der Waals surface area contributed by atoms with Crippen molar-refractivity contribution >= 4 is 35.6 Å². The van der Waals surface area contributed by atoms with Crippen LogP contribution in [0.1, 0.15) is 39.2 Å². The fraction of sp³-hybridized carbons (Fsp3) is 0.533. The lowest BCUT2D eigenvalue weighted by molar-refractivity contribution is 0.368. The minimum Gasteiger partial charge on any atom is -0.370 e. The van der Waals surface area contributed by atoms with Crippen molar-refractivity contribution in [3.8, 4) is 0 Å². The molecule has 0 spiro atoms. The molecule has 0 aliphatic heterocycles. The number of nitrogens with zero attached hydrogens (tertiary/aromatic N) is 1. The molecule has 3 nitrogen and oxygen atoms in total. The third-order valence-corrected chi connectivity index (χ3v) is 2.69. The van der Waals surface area contributed by atoms with Gasteiger partial charge in [-0.3, -0.25) is 4.99 Å². The number of halogens is 1. The summed E-state index contributed by atoms with van der Waals surface area (Å²) in [4.78, 5) is 4.33. The number of aryl methyl sites for hydroxylation is 1. The monoisotopic (exact) mass is 375 g/mol. The molecule has 4 heteroatoms. The first-order chi connectivity index (χ1) is 8.37. The van der Waals surface area contributed by atoms with Crippen molar-refractivity contribution in [3.63, 3.8) is 0 Å². The minimum atomic E-state index is 0. The zero-order valence-corrected chi connectivity index (χ0v) is 14.7. The first-order valence-electron chi connectivity index (χ1n) is 6.50. The van der Waals surface area contributed by atoms with Crippen LogP contribution in [0.3, 0.4) is 0 Å². The van der Waals surface area contributed by atoms with Gasteiger partial charge in [-0.25, -0.2) is 0 Å². The summed E-state index contributed by atoms with van der Waals surface area (Å²) in [7, 11) is 0. The third kappa shape index (κ3) is 8.86. The second-order valence-corrected chi connectivity index (χ2v) is 5.92. The van der Waals surface area contributed by atoms with Gasteiger partial charge in [-0.2, -0.15) is 0 Å². The molecule has 0 heterocycles. The fourth-order valence-corrected chi connectivity index (χ4v) is 1.63. The molecule has 1 aromatic rings. The van der Waals surface area contributed by atoms with Crippen molar-refractivity contribution in [1.82, 2.24) is 0 Å². The van der Waals surface area contributed by atoms with Crippen LogP contribution in [0.4, 0.5) is 5.69 Å². The number of hydrogen-bond donors (Lipinski definition) is 2. The van der Waals surface area contributed by atoms with Crippen molar-refractivity contribution < 1.29 is 0 Å². The molecule has 19 heavy (non-hydrogen) atoms. The highest BCUT2D eigenvalue weighted by Gasteiger charge is 2.08. The number of nitrogens with two attached hydrogens (primary N) is 1. The smallest absolute Gasteiger partial charge is 0.193 e. The summed E-state index contributed by atoms with van der Waals surface area (Å²) in [5, 5.41) is 3.09. The Kier molecular flexibility index (Phi) is 8.06. The van der Waals surface area contributed by atoms with Gasteiger partial charge in [-0.1, -0.05) is 38.5 Å². The molecule has 0 bridgehead atoms. The van der Waals surface area contributed by atoms with Crippen molar-refractivity contribution in [2.45, 2.75) is 40.5 Å². The summed E-state index contributed by atoms with van der Waals surface area (Å²) in [5.41, 5.74) is 8.42. The maximum absolute atomic E-state index is 5.83. The lowest BCUT2D eigenvalue weighted by Crippen LogP contribution is -2.23. The van der Waals surface area contributed by atoms with Crippen molar-refractivity contribution in [1.29, 1.82) is 0 Å². The fourth-order valence-electron chi connectivity index (χ4n) is 1.63. The highest BCUT2D eigenvalue weighted by Crippen LogP contribution is 2.20. The number of rotatable bonds is 4. The first kappa shape index (κ1) is 18.2. The average molecular weight is 375 g/mol. The van der Waals surface area contributed by atoms with Gasteiger partial charge in [0.15, 0.2) is 5.96 Å². The molecule has 0 aromatic heterocycles. The maximum atomic E-state index is 5.83. The lowest BCUT2D eigenvalue weighted by Gasteiger charge is -2.16. The molecule has 0 atom stereocenters. The third-order valence-electron chi connectivity index (χ3n) is 2.69. The molecule has 0 saturated carbocycles. The van der Waals surface area contributed by atoms with Crippen LogP contribution >= 0.6 is 24.0 Å². The van der Waals surface area contributed by atoms with Gasteiger partial charge in [0.2, 0.25) is 0 Å². The highest BCUT2D eigenvalue weighted by molar-refractivity contribution is 14.0. The average Bonchev–Trinajstić information content (AvgIpc) is 2.26. The Bertz CT molecular complexity index is 391. The summed E-state index contributed by atoms with van der Waals surface area (Å²) in [5.74, 6) is 0.493. The van der Waals surface area contributed by atoms with E-state index in [1.165, 1.54) is 5.56 Å². The van der Waals surface area contributed by atoms with E-state index in [1.807, 2.05) is 12.1 Å². The lowest BCUT2D eigenvalue weighted by atomic mass is 9.91. The summed E-state index contributed by atoms with van der Waals surface area (Å²) in [6, 6.07) is 8.12. The van der Waals surface area contributed by atoms with E-state index in [9.17, 15) is 0 Å². The van der Waals surface area contributed by atoms with Crippen LogP contribution in [-0.2, 0) is 0 Å². The Morgan fingerprint density at radius 1 is 1.21 bits per heavy atom. The van der Waals surface area contributed by atoms with Gasteiger partial charge in [0.05, 0.1) is 0 Å². The molecule has 1 aromatic carbocycles. The Balaban J connectivity index is 0.00000324. The number of nitrogens with one attached hydrogen (secondary N) is 1. The van der Waals surface area contributed by atoms with Crippen LogP contribution in [0, 0.1) is 12.3 Å². The minimum absolute atomic E-state index is 0. The summed E-state index contributed by atoms with van der Waals surface area (Å²) in [6.45, 7) is 9.57. The van der Waals surface area contributed by atoms with Crippen molar-refractivity contribution in [2.75, 3.05) is 11.9 Å². The van der Waals surface area contributed by atoms with Gasteiger partial charge in [-0.05, 0) is 37.3 Å². The topological polar surface area (TPSA) is 50.4 Å². The van der Waals surface area contributed by atoms with Crippen LogP contribution in [0.5, 0.6) is 0 Å². The summed E-state index contributed by atoms with van der Waals surface area (Å²) >= 11 is 0. The molecular weight excluding hydrogens is 349 g/mol. The number of benzene rings is 1. The molecule has 0 saturated heterocycles. The first-order valence-corrected chi connectivity index (χ1v) is 6.50. The molecule has 3 N–H and O–H groups in total. The molecule has 0 amide bonds. The zero-order valence-electron chi connectivity index (χ0n) is 12.4. The van der Waals surface area contributed by atoms with Gasteiger partial charge < -0.3 is 11.1 Å². The Morgan fingerprint density at radius 2 is 1.79 bits per heavy atom. The molecule has 1 rings (SSSR count).